The first-order valence-electron chi connectivity index (χ1n) is 10.4. The molecule has 1 aliphatic rings. The van der Waals surface area contributed by atoms with Crippen LogP contribution in [0.15, 0.2) is 42.5 Å². The van der Waals surface area contributed by atoms with E-state index < -0.39 is 6.04 Å². The first-order chi connectivity index (χ1) is 14.5. The largest absolute Gasteiger partial charge is 0.349 e. The van der Waals surface area contributed by atoms with E-state index in [1.165, 1.54) is 6.07 Å². The molecule has 164 valence electrons. The molecule has 0 saturated heterocycles. The van der Waals surface area contributed by atoms with Gasteiger partial charge in [-0.05, 0) is 61.1 Å². The number of rotatable bonds is 6. The highest BCUT2D eigenvalue weighted by Crippen LogP contribution is 2.24. The van der Waals surface area contributed by atoms with E-state index in [4.69, 9.17) is 11.6 Å². The fourth-order valence-corrected chi connectivity index (χ4v) is 3.25. The highest BCUT2D eigenvalue weighted by Gasteiger charge is 2.25. The van der Waals surface area contributed by atoms with Crippen LogP contribution in [0.1, 0.15) is 66.8 Å². The predicted molar refractivity (Wildman–Crippen MR) is 123 cm³/mol. The molecule has 31 heavy (non-hydrogen) atoms. The molecular formula is C24H28ClN3O3. The van der Waals surface area contributed by atoms with Gasteiger partial charge in [0, 0.05) is 17.3 Å². The van der Waals surface area contributed by atoms with Crippen LogP contribution in [0, 0.1) is 0 Å². The average molecular weight is 442 g/mol. The van der Waals surface area contributed by atoms with Crippen molar-refractivity contribution in [2.75, 3.05) is 5.32 Å². The van der Waals surface area contributed by atoms with Crippen LogP contribution in [0.3, 0.4) is 0 Å². The maximum Gasteiger partial charge on any atom is 0.253 e. The summed E-state index contributed by atoms with van der Waals surface area (Å²) in [5.41, 5.74) is 2.43. The Hall–Kier alpha value is -2.86. The summed E-state index contributed by atoms with van der Waals surface area (Å²) < 4.78 is 0. The molecular weight excluding hydrogens is 414 g/mol. The van der Waals surface area contributed by atoms with Gasteiger partial charge >= 0.3 is 0 Å². The van der Waals surface area contributed by atoms with Crippen molar-refractivity contribution in [2.24, 2.45) is 0 Å². The van der Waals surface area contributed by atoms with Gasteiger partial charge in [-0.25, -0.2) is 0 Å². The number of carbonyl (C=O) groups is 3. The second kappa shape index (κ2) is 9.10. The van der Waals surface area contributed by atoms with Gasteiger partial charge in [-0.3, -0.25) is 14.4 Å². The van der Waals surface area contributed by atoms with E-state index in [1.807, 2.05) is 12.1 Å². The molecule has 2 aromatic rings. The fourth-order valence-electron chi connectivity index (χ4n) is 2.99. The monoisotopic (exact) mass is 441 g/mol. The topological polar surface area (TPSA) is 87.3 Å². The van der Waals surface area contributed by atoms with Gasteiger partial charge in [0.1, 0.15) is 6.04 Å². The minimum Gasteiger partial charge on any atom is -0.349 e. The molecule has 1 unspecified atom stereocenters. The van der Waals surface area contributed by atoms with Gasteiger partial charge < -0.3 is 16.0 Å². The van der Waals surface area contributed by atoms with Crippen molar-refractivity contribution in [2.45, 2.75) is 58.0 Å². The van der Waals surface area contributed by atoms with Crippen LogP contribution >= 0.6 is 11.6 Å². The molecule has 1 atom stereocenters. The van der Waals surface area contributed by atoms with Gasteiger partial charge in [-0.2, -0.15) is 0 Å². The zero-order valence-corrected chi connectivity index (χ0v) is 19.0. The zero-order valence-electron chi connectivity index (χ0n) is 18.2. The van der Waals surface area contributed by atoms with Crippen molar-refractivity contribution in [3.63, 3.8) is 0 Å². The molecule has 1 saturated carbocycles. The summed E-state index contributed by atoms with van der Waals surface area (Å²) in [6.07, 6.45) is 1.98. The zero-order chi connectivity index (χ0) is 22.8. The average Bonchev–Trinajstić information content (AvgIpc) is 3.51. The molecule has 0 spiro atoms. The lowest BCUT2D eigenvalue weighted by Gasteiger charge is -2.19. The molecule has 0 bridgehead atoms. The Morgan fingerprint density at radius 3 is 2.19 bits per heavy atom. The summed E-state index contributed by atoms with van der Waals surface area (Å²) in [6, 6.07) is 11.5. The van der Waals surface area contributed by atoms with Crippen molar-refractivity contribution in [1.82, 2.24) is 10.6 Å². The van der Waals surface area contributed by atoms with Crippen molar-refractivity contribution < 1.29 is 14.4 Å². The van der Waals surface area contributed by atoms with E-state index in [0.29, 0.717) is 16.8 Å². The van der Waals surface area contributed by atoms with Gasteiger partial charge in [-0.1, -0.05) is 44.5 Å². The summed E-state index contributed by atoms with van der Waals surface area (Å²) in [6.45, 7) is 7.92. The molecule has 0 heterocycles. The van der Waals surface area contributed by atoms with E-state index in [0.717, 1.165) is 18.4 Å². The fraction of sp³-hybridized carbons (Fsp3) is 0.375. The predicted octanol–water partition coefficient (Wildman–Crippen LogP) is 4.29. The maximum absolute atomic E-state index is 12.5. The number of amides is 3. The van der Waals surface area contributed by atoms with Crippen molar-refractivity contribution in [1.29, 1.82) is 0 Å². The van der Waals surface area contributed by atoms with E-state index >= 15 is 0 Å². The molecule has 1 fully saturated rings. The molecule has 0 aliphatic heterocycles. The quantitative estimate of drug-likeness (QED) is 0.625. The van der Waals surface area contributed by atoms with Crippen molar-refractivity contribution >= 4 is 35.0 Å². The van der Waals surface area contributed by atoms with Crippen LogP contribution < -0.4 is 16.0 Å². The molecule has 0 aromatic heterocycles. The highest BCUT2D eigenvalue weighted by molar-refractivity contribution is 6.34. The highest BCUT2D eigenvalue weighted by atomic mass is 35.5. The third kappa shape index (κ3) is 6.07. The van der Waals surface area contributed by atoms with Crippen LogP contribution in [0.5, 0.6) is 0 Å². The van der Waals surface area contributed by atoms with E-state index in [2.05, 4.69) is 36.7 Å². The van der Waals surface area contributed by atoms with E-state index in [1.54, 1.807) is 31.2 Å². The second-order valence-electron chi connectivity index (χ2n) is 8.95. The Bertz CT molecular complexity index is 992. The first kappa shape index (κ1) is 22.8. The third-order valence-electron chi connectivity index (χ3n) is 5.15. The number of hydrogen-bond donors (Lipinski definition) is 3. The lowest BCUT2D eigenvalue weighted by molar-refractivity contribution is -0.117. The van der Waals surface area contributed by atoms with Crippen LogP contribution in [-0.4, -0.2) is 29.8 Å². The summed E-state index contributed by atoms with van der Waals surface area (Å²) in [5, 5.41) is 8.55. The summed E-state index contributed by atoms with van der Waals surface area (Å²) in [4.78, 5) is 37.1. The third-order valence-corrected chi connectivity index (χ3v) is 5.46. The number of hydrogen-bond acceptors (Lipinski definition) is 3. The molecule has 6 nitrogen and oxygen atoms in total. The molecule has 0 radical (unpaired) electrons. The lowest BCUT2D eigenvalue weighted by Crippen LogP contribution is -2.41. The smallest absolute Gasteiger partial charge is 0.253 e. The Morgan fingerprint density at radius 1 is 1.00 bits per heavy atom. The molecule has 7 heteroatoms. The summed E-state index contributed by atoms with van der Waals surface area (Å²) in [5.74, 6) is -0.928. The SMILES string of the molecule is CC(NC(=O)c1ccc(C(C)(C)C)cc1)C(=O)Nc1ccc(C(=O)NC2CC2)c(Cl)c1. The minimum absolute atomic E-state index is 0.00240. The van der Waals surface area contributed by atoms with Crippen LogP contribution in [0.2, 0.25) is 5.02 Å². The second-order valence-corrected chi connectivity index (χ2v) is 9.36. The number of nitrogens with one attached hydrogen (secondary N) is 3. The Kier molecular flexibility index (Phi) is 6.70. The molecule has 3 rings (SSSR count). The van der Waals surface area contributed by atoms with Gasteiger partial charge in [0.05, 0.1) is 10.6 Å². The standard InChI is InChI=1S/C24H28ClN3O3/c1-14(26-22(30)15-5-7-16(8-6-15)24(2,3)4)21(29)28-18-11-12-19(20(25)13-18)23(31)27-17-9-10-17/h5-8,11-14,17H,9-10H2,1-4H3,(H,26,30)(H,27,31)(H,28,29). The number of anilines is 1. The maximum atomic E-state index is 12.5. The number of carbonyl (C=O) groups excluding carboxylic acids is 3. The molecule has 3 N–H and O–H groups in total. The molecule has 3 amide bonds. The lowest BCUT2D eigenvalue weighted by atomic mass is 9.86. The number of benzene rings is 2. The first-order valence-corrected chi connectivity index (χ1v) is 10.7. The summed E-state index contributed by atoms with van der Waals surface area (Å²) >= 11 is 6.22. The van der Waals surface area contributed by atoms with Crippen LogP contribution in [0.4, 0.5) is 5.69 Å². The Balaban J connectivity index is 1.58. The normalized spacial score (nSPS) is 14.5. The van der Waals surface area contributed by atoms with Gasteiger partial charge in [0.15, 0.2) is 0 Å². The van der Waals surface area contributed by atoms with E-state index in [9.17, 15) is 14.4 Å². The van der Waals surface area contributed by atoms with Gasteiger partial charge in [0.25, 0.3) is 11.8 Å². The summed E-state index contributed by atoms with van der Waals surface area (Å²) in [7, 11) is 0. The van der Waals surface area contributed by atoms with Crippen LogP contribution in [0.25, 0.3) is 0 Å². The minimum atomic E-state index is -0.758. The van der Waals surface area contributed by atoms with Crippen molar-refractivity contribution in [3.05, 3.63) is 64.2 Å². The molecule has 1 aliphatic carbocycles. The van der Waals surface area contributed by atoms with Crippen LogP contribution in [-0.2, 0) is 10.2 Å². The van der Waals surface area contributed by atoms with E-state index in [-0.39, 0.29) is 34.2 Å². The van der Waals surface area contributed by atoms with Gasteiger partial charge in [0.2, 0.25) is 5.91 Å². The molecule has 2 aromatic carbocycles. The van der Waals surface area contributed by atoms with Crippen molar-refractivity contribution in [3.8, 4) is 0 Å². The Morgan fingerprint density at radius 2 is 1.65 bits per heavy atom. The Labute approximate surface area is 187 Å². The van der Waals surface area contributed by atoms with Gasteiger partial charge in [-0.15, -0.1) is 0 Å². The number of halogens is 1.